The van der Waals surface area contributed by atoms with Gasteiger partial charge in [0.25, 0.3) is 5.91 Å². The summed E-state index contributed by atoms with van der Waals surface area (Å²) in [4.78, 5) is 13.4. The van der Waals surface area contributed by atoms with Crippen LogP contribution in [0.1, 0.15) is 23.2 Å². The van der Waals surface area contributed by atoms with Crippen molar-refractivity contribution in [3.05, 3.63) is 35.1 Å². The van der Waals surface area contributed by atoms with Crippen LogP contribution >= 0.6 is 0 Å². The van der Waals surface area contributed by atoms with Crippen molar-refractivity contribution in [1.82, 2.24) is 4.90 Å². The molecular weight excluding hydrogens is 287 g/mol. The Labute approximate surface area is 120 Å². The Hall–Kier alpha value is -1.60. The van der Waals surface area contributed by atoms with E-state index < -0.39 is 28.9 Å². The molecule has 1 fully saturated rings. The summed E-state index contributed by atoms with van der Waals surface area (Å²) in [5.41, 5.74) is -0.730. The molecule has 1 N–H and O–H groups in total. The van der Waals surface area contributed by atoms with E-state index in [9.17, 15) is 18.0 Å². The molecule has 0 spiro atoms. The smallest absolute Gasteiger partial charge is 0.259 e. The summed E-state index contributed by atoms with van der Waals surface area (Å²) in [6.07, 6.45) is 0.968. The number of hydrogen-bond acceptors (Lipinski definition) is 3. The van der Waals surface area contributed by atoms with Gasteiger partial charge in [0.15, 0.2) is 0 Å². The number of rotatable bonds is 4. The molecule has 0 aromatic heterocycles. The summed E-state index contributed by atoms with van der Waals surface area (Å²) in [7, 11) is 0. The third-order valence-corrected chi connectivity index (χ3v) is 3.39. The van der Waals surface area contributed by atoms with Crippen molar-refractivity contribution >= 4 is 5.91 Å². The number of ether oxygens (including phenoxy) is 1. The van der Waals surface area contributed by atoms with E-state index in [2.05, 4.69) is 0 Å². The van der Waals surface area contributed by atoms with Gasteiger partial charge in [-0.05, 0) is 12.8 Å². The summed E-state index contributed by atoms with van der Waals surface area (Å²) >= 11 is 0. The molecule has 1 aliphatic heterocycles. The van der Waals surface area contributed by atoms with E-state index in [1.54, 1.807) is 0 Å². The van der Waals surface area contributed by atoms with Crippen molar-refractivity contribution in [3.63, 3.8) is 0 Å². The zero-order valence-electron chi connectivity index (χ0n) is 11.3. The Balaban J connectivity index is 2.02. The first-order chi connectivity index (χ1) is 10.0. The van der Waals surface area contributed by atoms with Crippen LogP contribution in [0.3, 0.4) is 0 Å². The third-order valence-electron chi connectivity index (χ3n) is 3.39. The Morgan fingerprint density at radius 2 is 1.81 bits per heavy atom. The minimum absolute atomic E-state index is 0.0782. The van der Waals surface area contributed by atoms with Crippen molar-refractivity contribution in [2.24, 2.45) is 0 Å². The molecule has 0 atom stereocenters. The first kappa shape index (κ1) is 15.8. The van der Waals surface area contributed by atoms with Crippen molar-refractivity contribution in [2.75, 3.05) is 26.3 Å². The van der Waals surface area contributed by atoms with Gasteiger partial charge < -0.3 is 14.7 Å². The van der Waals surface area contributed by atoms with Crippen molar-refractivity contribution in [1.29, 1.82) is 0 Å². The number of piperidine rings is 1. The maximum atomic E-state index is 13.6. The fourth-order valence-electron chi connectivity index (χ4n) is 2.35. The SMILES string of the molecule is O=C(c1c(F)cc(F)cc1F)N1CCC(OCCO)CC1. The standard InChI is InChI=1S/C14H16F3NO3/c15-9-7-11(16)13(12(17)8-9)14(20)18-3-1-10(2-4-18)21-6-5-19/h7-8,10,19H,1-6H2. The number of nitrogens with zero attached hydrogens (tertiary/aromatic N) is 1. The monoisotopic (exact) mass is 303 g/mol. The predicted octanol–water partition coefficient (Wildman–Crippen LogP) is 1.72. The summed E-state index contributed by atoms with van der Waals surface area (Å²) in [5, 5.41) is 8.67. The van der Waals surface area contributed by atoms with E-state index in [0.29, 0.717) is 38.1 Å². The molecule has 1 saturated heterocycles. The number of carbonyl (C=O) groups excluding carboxylic acids is 1. The van der Waals surface area contributed by atoms with Gasteiger partial charge in [-0.1, -0.05) is 0 Å². The topological polar surface area (TPSA) is 49.8 Å². The van der Waals surface area contributed by atoms with Crippen molar-refractivity contribution < 1.29 is 27.8 Å². The fraction of sp³-hybridized carbons (Fsp3) is 0.500. The molecular formula is C14H16F3NO3. The molecule has 1 amide bonds. The summed E-state index contributed by atoms with van der Waals surface area (Å²) in [6, 6.07) is 0.987. The van der Waals surface area contributed by atoms with Crippen LogP contribution in [0, 0.1) is 17.5 Å². The molecule has 2 rings (SSSR count). The zero-order chi connectivity index (χ0) is 15.4. The third kappa shape index (κ3) is 3.74. The highest BCUT2D eigenvalue weighted by atomic mass is 19.1. The molecule has 0 bridgehead atoms. The predicted molar refractivity (Wildman–Crippen MR) is 68.3 cm³/mol. The van der Waals surface area contributed by atoms with E-state index >= 15 is 0 Å². The second kappa shape index (κ2) is 6.91. The second-order valence-electron chi connectivity index (χ2n) is 4.83. The lowest BCUT2D eigenvalue weighted by Crippen LogP contribution is -2.41. The van der Waals surface area contributed by atoms with Gasteiger partial charge in [-0.2, -0.15) is 0 Å². The van der Waals surface area contributed by atoms with Gasteiger partial charge in [-0.3, -0.25) is 4.79 Å². The summed E-state index contributed by atoms with van der Waals surface area (Å²) in [6.45, 7) is 0.737. The molecule has 1 aromatic rings. The molecule has 1 aliphatic rings. The summed E-state index contributed by atoms with van der Waals surface area (Å²) in [5.74, 6) is -4.24. The van der Waals surface area contributed by atoms with E-state index in [-0.39, 0.29) is 19.3 Å². The Bertz CT molecular complexity index is 493. The number of amides is 1. The molecule has 21 heavy (non-hydrogen) atoms. The minimum Gasteiger partial charge on any atom is -0.394 e. The van der Waals surface area contributed by atoms with E-state index in [1.807, 2.05) is 0 Å². The molecule has 0 unspecified atom stereocenters. The first-order valence-electron chi connectivity index (χ1n) is 6.69. The van der Waals surface area contributed by atoms with E-state index in [4.69, 9.17) is 9.84 Å². The van der Waals surface area contributed by atoms with Gasteiger partial charge >= 0.3 is 0 Å². The number of aliphatic hydroxyl groups excluding tert-OH is 1. The van der Waals surface area contributed by atoms with Crippen LogP contribution in [-0.2, 0) is 4.74 Å². The van der Waals surface area contributed by atoms with Crippen LogP contribution in [0.15, 0.2) is 12.1 Å². The van der Waals surface area contributed by atoms with Crippen LogP contribution in [-0.4, -0.2) is 48.3 Å². The molecule has 116 valence electrons. The van der Waals surface area contributed by atoms with Gasteiger partial charge in [-0.15, -0.1) is 0 Å². The fourth-order valence-corrected chi connectivity index (χ4v) is 2.35. The Kier molecular flexibility index (Phi) is 5.19. The van der Waals surface area contributed by atoms with Gasteiger partial charge in [0.2, 0.25) is 0 Å². The second-order valence-corrected chi connectivity index (χ2v) is 4.83. The van der Waals surface area contributed by atoms with Crippen molar-refractivity contribution in [2.45, 2.75) is 18.9 Å². The average Bonchev–Trinajstić information content (AvgIpc) is 2.44. The normalized spacial score (nSPS) is 16.3. The van der Waals surface area contributed by atoms with Crippen molar-refractivity contribution in [3.8, 4) is 0 Å². The lowest BCUT2D eigenvalue weighted by molar-refractivity contribution is -0.00570. The minimum atomic E-state index is -1.20. The van der Waals surface area contributed by atoms with Gasteiger partial charge in [-0.25, -0.2) is 13.2 Å². The Morgan fingerprint density at radius 1 is 1.24 bits per heavy atom. The molecule has 7 heteroatoms. The lowest BCUT2D eigenvalue weighted by atomic mass is 10.1. The van der Waals surface area contributed by atoms with Crippen LogP contribution in [0.2, 0.25) is 0 Å². The first-order valence-corrected chi connectivity index (χ1v) is 6.69. The van der Waals surface area contributed by atoms with Gasteiger partial charge in [0.1, 0.15) is 23.0 Å². The maximum absolute atomic E-state index is 13.6. The number of hydrogen-bond donors (Lipinski definition) is 1. The lowest BCUT2D eigenvalue weighted by Gasteiger charge is -2.32. The van der Waals surface area contributed by atoms with Gasteiger partial charge in [0.05, 0.1) is 19.3 Å². The maximum Gasteiger partial charge on any atom is 0.259 e. The quantitative estimate of drug-likeness (QED) is 0.921. The number of halogens is 3. The van der Waals surface area contributed by atoms with Gasteiger partial charge in [0, 0.05) is 25.2 Å². The number of carbonyl (C=O) groups is 1. The van der Waals surface area contributed by atoms with E-state index in [0.717, 1.165) is 0 Å². The summed E-state index contributed by atoms with van der Waals surface area (Å²) < 4.78 is 45.3. The zero-order valence-corrected chi connectivity index (χ0v) is 11.3. The Morgan fingerprint density at radius 3 is 2.33 bits per heavy atom. The highest BCUT2D eigenvalue weighted by Gasteiger charge is 2.28. The van der Waals surface area contributed by atoms with Crippen LogP contribution in [0.4, 0.5) is 13.2 Å². The number of benzene rings is 1. The number of likely N-dealkylation sites (tertiary alicyclic amines) is 1. The highest BCUT2D eigenvalue weighted by Crippen LogP contribution is 2.20. The molecule has 1 heterocycles. The highest BCUT2D eigenvalue weighted by molar-refractivity contribution is 5.94. The van der Waals surface area contributed by atoms with E-state index in [1.165, 1.54) is 4.90 Å². The molecule has 0 aliphatic carbocycles. The number of aliphatic hydroxyl groups is 1. The molecule has 1 aromatic carbocycles. The molecule has 0 radical (unpaired) electrons. The molecule has 0 saturated carbocycles. The van der Waals surface area contributed by atoms with Crippen LogP contribution in [0.5, 0.6) is 0 Å². The van der Waals surface area contributed by atoms with Crippen LogP contribution < -0.4 is 0 Å². The average molecular weight is 303 g/mol. The largest absolute Gasteiger partial charge is 0.394 e. The molecule has 4 nitrogen and oxygen atoms in total. The van der Waals surface area contributed by atoms with Crippen LogP contribution in [0.25, 0.3) is 0 Å².